The summed E-state index contributed by atoms with van der Waals surface area (Å²) in [7, 11) is -3.96. The second-order valence-corrected chi connectivity index (χ2v) is 21.9. The molecule has 4 fully saturated rings. The Morgan fingerprint density at radius 2 is 1.05 bits per heavy atom. The standard InChI is InChI=1S/C26H24ClF4N5O3.C19H14ClF4N3O5S.C8H14N2O/c27-19-12-18(5-6-20(19)28)36(22(37)14-34-7-9-35(10-8-34)26(38)15-1-2-15)13-17-4-3-16(11-21(17)29)24-32-33-25(39-24)23(30)31;1-33(29,30)31-9-16(28)27(12-4-5-14(21)13(20)7-12)8-11-3-2-10(6-15(11)22)18-25-26-19(32-18)17(23)24;11-8(7-1-2-7)10-5-3-9-4-6-10/h3-6,11-12,15,23H,1-2,7-10,13-14H2;2-7,17H,8-9H2,1H3;7,9H,1-6H2. The molecule has 4 aliphatic rings. The van der Waals surface area contributed by atoms with Crippen LogP contribution in [-0.4, -0.2) is 139 Å². The lowest BCUT2D eigenvalue weighted by Gasteiger charge is -2.35. The minimum Gasteiger partial charge on any atom is -0.415 e. The van der Waals surface area contributed by atoms with Crippen LogP contribution in [0, 0.1) is 35.1 Å². The molecular weight excluding hydrogens is 1180 g/mol. The van der Waals surface area contributed by atoms with E-state index >= 15 is 4.39 Å². The normalized spacial score (nSPS) is 15.6. The maximum Gasteiger partial charge on any atom is 0.314 e. The summed E-state index contributed by atoms with van der Waals surface area (Å²) in [6.45, 7) is 4.29. The average Bonchev–Trinajstić information content (AvgIpc) is 4.51. The molecule has 6 aromatic rings. The van der Waals surface area contributed by atoms with Crippen LogP contribution in [0.15, 0.2) is 81.6 Å². The summed E-state index contributed by atoms with van der Waals surface area (Å²) in [4.78, 5) is 57.8. The molecule has 0 bridgehead atoms. The number of nitrogens with zero attached hydrogens (tertiary/aromatic N) is 9. The number of hydrogen-bond acceptors (Lipinski definition) is 15. The smallest absolute Gasteiger partial charge is 0.314 e. The Balaban J connectivity index is 0.000000184. The van der Waals surface area contributed by atoms with Crippen molar-refractivity contribution in [2.45, 2.75) is 51.6 Å². The summed E-state index contributed by atoms with van der Waals surface area (Å²) in [6, 6.07) is 14.4. The Bertz CT molecular complexity index is 3420. The highest BCUT2D eigenvalue weighted by molar-refractivity contribution is 7.86. The first-order valence-corrected chi connectivity index (χ1v) is 28.3. The third-order valence-electron chi connectivity index (χ3n) is 13.3. The summed E-state index contributed by atoms with van der Waals surface area (Å²) in [6.07, 6.45) is -1.10. The van der Waals surface area contributed by atoms with Crippen molar-refractivity contribution in [1.29, 1.82) is 0 Å². The molecule has 0 spiro atoms. The highest BCUT2D eigenvalue weighted by atomic mass is 35.5. The van der Waals surface area contributed by atoms with Crippen molar-refractivity contribution in [3.8, 4) is 22.9 Å². The van der Waals surface area contributed by atoms with E-state index in [9.17, 15) is 58.3 Å². The Morgan fingerprint density at radius 1 is 0.614 bits per heavy atom. The van der Waals surface area contributed by atoms with E-state index in [2.05, 4.69) is 29.9 Å². The van der Waals surface area contributed by atoms with Crippen LogP contribution in [0.4, 0.5) is 46.5 Å². The second kappa shape index (κ2) is 27.5. The van der Waals surface area contributed by atoms with Gasteiger partial charge in [0.25, 0.3) is 27.8 Å². The van der Waals surface area contributed by atoms with E-state index in [1.807, 2.05) is 14.7 Å². The number of benzene rings is 4. The molecule has 4 aromatic carbocycles. The number of aromatic nitrogens is 4. The Morgan fingerprint density at radius 3 is 1.43 bits per heavy atom. The Labute approximate surface area is 479 Å². The summed E-state index contributed by atoms with van der Waals surface area (Å²) >= 11 is 11.7. The molecule has 19 nitrogen and oxygen atoms in total. The fourth-order valence-electron chi connectivity index (χ4n) is 8.49. The van der Waals surface area contributed by atoms with Crippen LogP contribution in [0.5, 0.6) is 0 Å². The lowest BCUT2D eigenvalue weighted by molar-refractivity contribution is -0.134. The molecule has 2 aliphatic heterocycles. The number of nitrogens with one attached hydrogen (secondary N) is 1. The summed E-state index contributed by atoms with van der Waals surface area (Å²) in [5.74, 6) is -5.61. The van der Waals surface area contributed by atoms with E-state index in [0.717, 1.165) is 93.3 Å². The first-order chi connectivity index (χ1) is 39.5. The van der Waals surface area contributed by atoms with E-state index in [4.69, 9.17) is 32.0 Å². The van der Waals surface area contributed by atoms with E-state index < -0.39 is 77.1 Å². The molecule has 4 amide bonds. The molecular formula is C53H52Cl2F8N10O9S. The number of amides is 4. The zero-order chi connectivity index (χ0) is 59.7. The van der Waals surface area contributed by atoms with Crippen molar-refractivity contribution in [2.75, 3.05) is 81.6 Å². The molecule has 0 radical (unpaired) electrons. The number of alkyl halides is 4. The molecule has 1 N–H and O–H groups in total. The summed E-state index contributed by atoms with van der Waals surface area (Å²) in [5.41, 5.74) is 0.485. The van der Waals surface area contributed by atoms with E-state index in [0.29, 0.717) is 38.0 Å². The van der Waals surface area contributed by atoms with Crippen LogP contribution in [0.25, 0.3) is 22.9 Å². The van der Waals surface area contributed by atoms with Gasteiger partial charge in [-0.05, 0) is 86.3 Å². The highest BCUT2D eigenvalue weighted by Crippen LogP contribution is 2.34. The molecule has 444 valence electrons. The van der Waals surface area contributed by atoms with Gasteiger partial charge in [0.15, 0.2) is 0 Å². The SMILES string of the molecule is CS(=O)(=O)OCC(=O)N(Cc1ccc(-c2nnc(C(F)F)o2)cc1F)c1ccc(F)c(Cl)c1.O=C(C1CC1)N1CCN(CC(=O)N(Cc2ccc(-c3nnc(C(F)F)o3)cc2F)c2ccc(F)c(Cl)c2)CC1.O=C(C1CC1)N1CCNCC1. The van der Waals surface area contributed by atoms with Crippen LogP contribution in [-0.2, 0) is 46.6 Å². The van der Waals surface area contributed by atoms with Crippen LogP contribution in [0.2, 0.25) is 10.0 Å². The number of piperazine rings is 2. The Hall–Kier alpha value is -7.11. The van der Waals surface area contributed by atoms with Crippen molar-refractivity contribution in [1.82, 2.24) is 40.4 Å². The Kier molecular flexibility index (Phi) is 20.5. The van der Waals surface area contributed by atoms with Gasteiger partial charge in [-0.1, -0.05) is 35.3 Å². The van der Waals surface area contributed by atoms with Crippen LogP contribution < -0.4 is 15.1 Å². The maximum atomic E-state index is 15.1. The molecule has 0 atom stereocenters. The van der Waals surface area contributed by atoms with Crippen LogP contribution in [0.1, 0.15) is 61.4 Å². The number of halogens is 10. The topological polar surface area (TPSA) is 218 Å². The van der Waals surface area contributed by atoms with Crippen molar-refractivity contribution in [3.05, 3.63) is 129 Å². The second-order valence-electron chi connectivity index (χ2n) is 19.5. The lowest BCUT2D eigenvalue weighted by Crippen LogP contribution is -2.52. The van der Waals surface area contributed by atoms with Gasteiger partial charge < -0.3 is 33.8 Å². The third-order valence-corrected chi connectivity index (χ3v) is 14.4. The fraction of sp³-hybridized carbons (Fsp3) is 0.396. The van der Waals surface area contributed by atoms with Crippen LogP contribution in [0.3, 0.4) is 0 Å². The van der Waals surface area contributed by atoms with Crippen molar-refractivity contribution >= 4 is 68.3 Å². The van der Waals surface area contributed by atoms with Crippen LogP contribution >= 0.6 is 23.2 Å². The van der Waals surface area contributed by atoms with Gasteiger partial charge in [0.05, 0.1) is 35.9 Å². The molecule has 2 saturated heterocycles. The molecule has 83 heavy (non-hydrogen) atoms. The number of carbonyl (C=O) groups excluding carboxylic acids is 4. The molecule has 2 aromatic heterocycles. The van der Waals surface area contributed by atoms with Crippen molar-refractivity contribution in [3.63, 3.8) is 0 Å². The first kappa shape index (κ1) is 61.9. The largest absolute Gasteiger partial charge is 0.415 e. The van der Waals surface area contributed by atoms with Gasteiger partial charge in [-0.25, -0.2) is 17.6 Å². The quantitative estimate of drug-likeness (QED) is 0.0668. The minimum absolute atomic E-state index is 0.00144. The van der Waals surface area contributed by atoms with E-state index in [1.165, 1.54) is 47.4 Å². The average molecular weight is 1230 g/mol. The molecule has 2 aliphatic carbocycles. The molecule has 4 heterocycles. The predicted molar refractivity (Wildman–Crippen MR) is 283 cm³/mol. The number of anilines is 2. The molecule has 2 saturated carbocycles. The van der Waals surface area contributed by atoms with Gasteiger partial charge in [0.2, 0.25) is 29.5 Å². The predicted octanol–water partition coefficient (Wildman–Crippen LogP) is 8.64. The molecule has 0 unspecified atom stereocenters. The van der Waals surface area contributed by atoms with Gasteiger partial charge in [0.1, 0.15) is 29.9 Å². The number of rotatable bonds is 17. The maximum absolute atomic E-state index is 15.1. The van der Waals surface area contributed by atoms with Crippen molar-refractivity contribution < 1.29 is 75.7 Å². The van der Waals surface area contributed by atoms with Gasteiger partial charge in [0, 0.05) is 97.8 Å². The third kappa shape index (κ3) is 17.0. The first-order valence-electron chi connectivity index (χ1n) is 25.7. The zero-order valence-corrected chi connectivity index (χ0v) is 46.3. The zero-order valence-electron chi connectivity index (χ0n) is 43.9. The number of carbonyl (C=O) groups is 4. The van der Waals surface area contributed by atoms with Gasteiger partial charge in [-0.15, -0.1) is 20.4 Å². The number of hydrogen-bond donors (Lipinski definition) is 1. The molecule has 30 heteroatoms. The van der Waals surface area contributed by atoms with Gasteiger partial charge >= 0.3 is 12.9 Å². The summed E-state index contributed by atoms with van der Waals surface area (Å²) in [5, 5.41) is 16.1. The lowest BCUT2D eigenvalue weighted by atomic mass is 10.1. The highest BCUT2D eigenvalue weighted by Gasteiger charge is 2.36. The summed E-state index contributed by atoms with van der Waals surface area (Å²) < 4.78 is 145. The minimum atomic E-state index is -3.96. The van der Waals surface area contributed by atoms with E-state index in [1.54, 1.807) is 0 Å². The van der Waals surface area contributed by atoms with Crippen molar-refractivity contribution in [2.24, 2.45) is 11.8 Å². The van der Waals surface area contributed by atoms with Gasteiger partial charge in [-0.3, -0.25) is 28.3 Å². The van der Waals surface area contributed by atoms with E-state index in [-0.39, 0.29) is 86.3 Å². The van der Waals surface area contributed by atoms with Gasteiger partial charge in [-0.2, -0.15) is 26.0 Å². The fourth-order valence-corrected chi connectivity index (χ4v) is 9.15. The molecule has 10 rings (SSSR count). The monoisotopic (exact) mass is 1230 g/mol.